The fraction of sp³-hybridized carbons (Fsp3) is 0.400. The second-order valence-corrected chi connectivity index (χ2v) is 6.00. The van der Waals surface area contributed by atoms with Crippen molar-refractivity contribution in [2.75, 3.05) is 5.88 Å². The van der Waals surface area contributed by atoms with Crippen LogP contribution in [0.1, 0.15) is 19.0 Å². The predicted octanol–water partition coefficient (Wildman–Crippen LogP) is 1.74. The summed E-state index contributed by atoms with van der Waals surface area (Å²) in [5.41, 5.74) is 0.0964. The normalized spacial score (nSPS) is 13.1. The van der Waals surface area contributed by atoms with E-state index in [1.54, 1.807) is 6.92 Å². The van der Waals surface area contributed by atoms with Crippen LogP contribution in [-0.2, 0) is 9.84 Å². The summed E-state index contributed by atoms with van der Waals surface area (Å²) in [5.74, 6) is 0.276. The molecule has 1 unspecified atom stereocenters. The van der Waals surface area contributed by atoms with Crippen LogP contribution >= 0.6 is 11.6 Å². The van der Waals surface area contributed by atoms with Crippen molar-refractivity contribution in [3.05, 3.63) is 23.9 Å². The molecule has 0 spiro atoms. The maximum Gasteiger partial charge on any atom is 0.198 e. The van der Waals surface area contributed by atoms with Crippen LogP contribution in [0.25, 0.3) is 0 Å². The van der Waals surface area contributed by atoms with E-state index >= 15 is 0 Å². The second kappa shape index (κ2) is 5.28. The van der Waals surface area contributed by atoms with E-state index in [2.05, 4.69) is 4.98 Å². The van der Waals surface area contributed by atoms with Gasteiger partial charge in [-0.05, 0) is 25.5 Å². The number of hydrogen-bond acceptors (Lipinski definition) is 4. The monoisotopic (exact) mass is 258 g/mol. The standard InChI is InChI=1S/C10H11ClN2O2S/c1-8(5-6-11)16(14,15)10-4-2-3-9(7-12)13-10/h2-4,8H,5-6H2,1H3. The molecule has 1 rings (SSSR count). The molecule has 0 fully saturated rings. The molecule has 0 saturated heterocycles. The summed E-state index contributed by atoms with van der Waals surface area (Å²) in [7, 11) is -3.48. The molecule has 6 heteroatoms. The molecule has 0 radical (unpaired) electrons. The van der Waals surface area contributed by atoms with E-state index in [1.165, 1.54) is 18.2 Å². The summed E-state index contributed by atoms with van der Waals surface area (Å²) in [4.78, 5) is 3.77. The number of alkyl halides is 1. The van der Waals surface area contributed by atoms with Crippen molar-refractivity contribution in [1.82, 2.24) is 4.98 Å². The molecule has 1 aromatic heterocycles. The zero-order valence-corrected chi connectivity index (χ0v) is 10.3. The summed E-state index contributed by atoms with van der Waals surface area (Å²) in [6.07, 6.45) is 0.363. The van der Waals surface area contributed by atoms with Crippen molar-refractivity contribution in [2.45, 2.75) is 23.6 Å². The minimum Gasteiger partial charge on any atom is -0.226 e. The molecule has 86 valence electrons. The molecular formula is C10H11ClN2O2S. The minimum atomic E-state index is -3.48. The third-order valence-electron chi connectivity index (χ3n) is 2.17. The topological polar surface area (TPSA) is 70.8 Å². The number of pyridine rings is 1. The average molecular weight is 259 g/mol. The lowest BCUT2D eigenvalue weighted by Crippen LogP contribution is -2.19. The van der Waals surface area contributed by atoms with Gasteiger partial charge in [-0.25, -0.2) is 13.4 Å². The lowest BCUT2D eigenvalue weighted by atomic mass is 10.4. The molecule has 1 heterocycles. The van der Waals surface area contributed by atoms with Gasteiger partial charge in [-0.2, -0.15) is 5.26 Å². The van der Waals surface area contributed by atoms with Crippen LogP contribution in [0.15, 0.2) is 23.2 Å². The summed E-state index contributed by atoms with van der Waals surface area (Å²) >= 11 is 5.51. The smallest absolute Gasteiger partial charge is 0.198 e. The van der Waals surface area contributed by atoms with E-state index < -0.39 is 15.1 Å². The number of hydrogen-bond donors (Lipinski definition) is 0. The quantitative estimate of drug-likeness (QED) is 0.772. The summed E-state index contributed by atoms with van der Waals surface area (Å²) in [6, 6.07) is 6.17. The summed E-state index contributed by atoms with van der Waals surface area (Å²) in [6.45, 7) is 1.58. The first kappa shape index (κ1) is 12.9. The number of aromatic nitrogens is 1. The molecular weight excluding hydrogens is 248 g/mol. The molecule has 0 aliphatic carbocycles. The second-order valence-electron chi connectivity index (χ2n) is 3.31. The maximum absolute atomic E-state index is 12.0. The first-order valence-corrected chi connectivity index (χ1v) is 6.77. The van der Waals surface area contributed by atoms with Gasteiger partial charge in [-0.15, -0.1) is 11.6 Å². The van der Waals surface area contributed by atoms with Gasteiger partial charge >= 0.3 is 0 Å². The van der Waals surface area contributed by atoms with Crippen molar-refractivity contribution >= 4 is 21.4 Å². The third-order valence-corrected chi connectivity index (χ3v) is 4.50. The Morgan fingerprint density at radius 2 is 2.25 bits per heavy atom. The molecule has 0 aliphatic heterocycles. The molecule has 1 aromatic rings. The summed E-state index contributed by atoms with van der Waals surface area (Å²) < 4.78 is 23.9. The summed E-state index contributed by atoms with van der Waals surface area (Å²) in [5, 5.41) is 7.98. The Bertz CT molecular complexity index is 508. The van der Waals surface area contributed by atoms with Crippen LogP contribution in [-0.4, -0.2) is 24.5 Å². The van der Waals surface area contributed by atoms with Crippen LogP contribution in [0.2, 0.25) is 0 Å². The van der Waals surface area contributed by atoms with Crippen molar-refractivity contribution < 1.29 is 8.42 Å². The fourth-order valence-corrected chi connectivity index (χ4v) is 2.94. The highest BCUT2D eigenvalue weighted by molar-refractivity contribution is 7.92. The molecule has 0 saturated carbocycles. The van der Waals surface area contributed by atoms with E-state index in [9.17, 15) is 8.42 Å². The minimum absolute atomic E-state index is 0.0656. The Kier molecular flexibility index (Phi) is 4.27. The number of nitrogens with zero attached hydrogens (tertiary/aromatic N) is 2. The van der Waals surface area contributed by atoms with Gasteiger partial charge in [0.1, 0.15) is 11.8 Å². The highest BCUT2D eigenvalue weighted by Crippen LogP contribution is 2.16. The van der Waals surface area contributed by atoms with Crippen LogP contribution in [0.4, 0.5) is 0 Å². The number of nitriles is 1. The van der Waals surface area contributed by atoms with E-state index in [0.717, 1.165) is 0 Å². The Balaban J connectivity index is 3.13. The molecule has 0 aromatic carbocycles. The zero-order chi connectivity index (χ0) is 12.2. The number of halogens is 1. The lowest BCUT2D eigenvalue weighted by Gasteiger charge is -2.10. The van der Waals surface area contributed by atoms with Crippen molar-refractivity contribution in [2.24, 2.45) is 0 Å². The molecule has 4 nitrogen and oxygen atoms in total. The van der Waals surface area contributed by atoms with Gasteiger partial charge in [0.15, 0.2) is 14.9 Å². The molecule has 16 heavy (non-hydrogen) atoms. The van der Waals surface area contributed by atoms with E-state index in [4.69, 9.17) is 16.9 Å². The largest absolute Gasteiger partial charge is 0.226 e. The van der Waals surface area contributed by atoms with E-state index in [-0.39, 0.29) is 16.6 Å². The first-order chi connectivity index (χ1) is 7.52. The SMILES string of the molecule is CC(CCCl)S(=O)(=O)c1cccc(C#N)n1. The van der Waals surface area contributed by atoms with Crippen LogP contribution in [0, 0.1) is 11.3 Å². The maximum atomic E-state index is 12.0. The average Bonchev–Trinajstić information content (AvgIpc) is 2.29. The lowest BCUT2D eigenvalue weighted by molar-refractivity contribution is 0.577. The molecule has 0 bridgehead atoms. The Morgan fingerprint density at radius 1 is 1.56 bits per heavy atom. The predicted molar refractivity (Wildman–Crippen MR) is 60.9 cm³/mol. The number of sulfone groups is 1. The van der Waals surface area contributed by atoms with Gasteiger partial charge < -0.3 is 0 Å². The van der Waals surface area contributed by atoms with Crippen molar-refractivity contribution in [3.8, 4) is 6.07 Å². The Hall–Kier alpha value is -1.12. The van der Waals surface area contributed by atoms with Crippen LogP contribution in [0.3, 0.4) is 0 Å². The van der Waals surface area contributed by atoms with Gasteiger partial charge in [-0.3, -0.25) is 0 Å². The zero-order valence-electron chi connectivity index (χ0n) is 8.72. The van der Waals surface area contributed by atoms with Gasteiger partial charge in [-0.1, -0.05) is 6.07 Å². The van der Waals surface area contributed by atoms with Crippen molar-refractivity contribution in [3.63, 3.8) is 0 Å². The van der Waals surface area contributed by atoms with Gasteiger partial charge in [0, 0.05) is 5.88 Å². The molecule has 0 N–H and O–H groups in total. The molecule has 0 amide bonds. The Labute approximate surface area is 99.8 Å². The van der Waals surface area contributed by atoms with Crippen molar-refractivity contribution in [1.29, 1.82) is 5.26 Å². The first-order valence-electron chi connectivity index (χ1n) is 4.69. The van der Waals surface area contributed by atoms with E-state index in [1.807, 2.05) is 6.07 Å². The van der Waals surface area contributed by atoms with Crippen LogP contribution < -0.4 is 0 Å². The third kappa shape index (κ3) is 2.71. The highest BCUT2D eigenvalue weighted by atomic mass is 35.5. The van der Waals surface area contributed by atoms with Gasteiger partial charge in [0.25, 0.3) is 0 Å². The van der Waals surface area contributed by atoms with Gasteiger partial charge in [0.2, 0.25) is 0 Å². The number of rotatable bonds is 4. The molecule has 1 atom stereocenters. The van der Waals surface area contributed by atoms with E-state index in [0.29, 0.717) is 6.42 Å². The Morgan fingerprint density at radius 3 is 2.81 bits per heavy atom. The fourth-order valence-electron chi connectivity index (χ4n) is 1.15. The molecule has 0 aliphatic rings. The van der Waals surface area contributed by atoms with Gasteiger partial charge in [0.05, 0.1) is 5.25 Å². The van der Waals surface area contributed by atoms with Crippen LogP contribution in [0.5, 0.6) is 0 Å². The highest BCUT2D eigenvalue weighted by Gasteiger charge is 2.24.